The van der Waals surface area contributed by atoms with Gasteiger partial charge in [0.15, 0.2) is 0 Å². The number of phenols is 3. The van der Waals surface area contributed by atoms with E-state index in [4.69, 9.17) is 0 Å². The molecular weight excluding hydrogens is 240 g/mol. The molecule has 0 saturated heterocycles. The third-order valence-corrected chi connectivity index (χ3v) is 3.25. The van der Waals surface area contributed by atoms with Gasteiger partial charge in [0.2, 0.25) is 0 Å². The summed E-state index contributed by atoms with van der Waals surface area (Å²) >= 11 is 0. The first-order valence-electron chi connectivity index (χ1n) is 5.98. The molecule has 0 aliphatic rings. The van der Waals surface area contributed by atoms with Crippen LogP contribution in [0.5, 0.6) is 17.2 Å². The first kappa shape index (κ1) is 13.0. The van der Waals surface area contributed by atoms with Crippen LogP contribution in [-0.4, -0.2) is 15.3 Å². The molecule has 0 aliphatic carbocycles. The zero-order chi connectivity index (χ0) is 14.0. The maximum Gasteiger partial charge on any atom is 0.123 e. The van der Waals surface area contributed by atoms with Gasteiger partial charge >= 0.3 is 0 Å². The largest absolute Gasteiger partial charge is 0.508 e. The number of allylic oxidation sites excluding steroid dienone is 2. The zero-order valence-corrected chi connectivity index (χ0v) is 10.9. The van der Waals surface area contributed by atoms with Crippen molar-refractivity contribution in [2.24, 2.45) is 0 Å². The summed E-state index contributed by atoms with van der Waals surface area (Å²) in [5.74, 6) is 0.466. The Morgan fingerprint density at radius 3 is 1.95 bits per heavy atom. The highest BCUT2D eigenvalue weighted by atomic mass is 16.3. The Morgan fingerprint density at radius 2 is 1.32 bits per heavy atom. The molecule has 19 heavy (non-hydrogen) atoms. The molecule has 0 heterocycles. The fourth-order valence-corrected chi connectivity index (χ4v) is 1.95. The van der Waals surface area contributed by atoms with Crippen LogP contribution in [0.15, 0.2) is 42.5 Å². The predicted molar refractivity (Wildman–Crippen MR) is 76.0 cm³/mol. The third-order valence-electron chi connectivity index (χ3n) is 3.25. The van der Waals surface area contributed by atoms with Gasteiger partial charge in [-0.15, -0.1) is 0 Å². The topological polar surface area (TPSA) is 60.7 Å². The summed E-state index contributed by atoms with van der Waals surface area (Å²) in [5, 5.41) is 28.7. The van der Waals surface area contributed by atoms with Gasteiger partial charge in [0.25, 0.3) is 0 Å². The van der Waals surface area contributed by atoms with Crippen LogP contribution in [0, 0.1) is 0 Å². The Hall–Kier alpha value is -2.42. The maximum atomic E-state index is 9.86. The molecular formula is C16H16O3. The van der Waals surface area contributed by atoms with E-state index in [1.807, 2.05) is 26.0 Å². The van der Waals surface area contributed by atoms with Gasteiger partial charge in [0.1, 0.15) is 17.2 Å². The van der Waals surface area contributed by atoms with Crippen LogP contribution in [0.3, 0.4) is 0 Å². The number of phenolic OH excluding ortho intramolecular Hbond substituents is 3. The Bertz CT molecular complexity index is 625. The van der Waals surface area contributed by atoms with Crippen molar-refractivity contribution in [3.05, 3.63) is 53.6 Å². The lowest BCUT2D eigenvalue weighted by Crippen LogP contribution is -1.87. The van der Waals surface area contributed by atoms with Crippen LogP contribution in [0.25, 0.3) is 11.1 Å². The standard InChI is InChI=1S/C16H16O3/c1-10(12-3-5-13(17)6-4-12)11(2)15-9-14(18)7-8-16(15)19/h3-9,17-19H,1-2H3/b11-10-. The summed E-state index contributed by atoms with van der Waals surface area (Å²) in [6, 6.07) is 11.3. The Balaban J connectivity index is 2.51. The van der Waals surface area contributed by atoms with E-state index in [9.17, 15) is 15.3 Å². The second-order valence-corrected chi connectivity index (χ2v) is 4.50. The lowest BCUT2D eigenvalue weighted by molar-refractivity contribution is 0.459. The van der Waals surface area contributed by atoms with E-state index in [-0.39, 0.29) is 17.2 Å². The van der Waals surface area contributed by atoms with Crippen LogP contribution in [0.2, 0.25) is 0 Å². The lowest BCUT2D eigenvalue weighted by Gasteiger charge is -2.11. The van der Waals surface area contributed by atoms with Crippen LogP contribution in [0.4, 0.5) is 0 Å². The van der Waals surface area contributed by atoms with Crippen LogP contribution < -0.4 is 0 Å². The molecule has 0 radical (unpaired) electrons. The van der Waals surface area contributed by atoms with Gasteiger partial charge in [-0.05, 0) is 60.9 Å². The summed E-state index contributed by atoms with van der Waals surface area (Å²) in [6.45, 7) is 3.82. The molecule has 98 valence electrons. The minimum absolute atomic E-state index is 0.116. The molecule has 0 unspecified atom stereocenters. The van der Waals surface area contributed by atoms with E-state index in [1.165, 1.54) is 18.2 Å². The number of hydrogen-bond acceptors (Lipinski definition) is 3. The van der Waals surface area contributed by atoms with E-state index in [0.717, 1.165) is 16.7 Å². The SMILES string of the molecule is C/C(=C(\C)c1cc(O)ccc1O)c1ccc(O)cc1. The number of hydrogen-bond donors (Lipinski definition) is 3. The first-order chi connectivity index (χ1) is 8.99. The van der Waals surface area contributed by atoms with Gasteiger partial charge < -0.3 is 15.3 Å². The summed E-state index contributed by atoms with van der Waals surface area (Å²) in [4.78, 5) is 0. The quantitative estimate of drug-likeness (QED) is 0.566. The highest BCUT2D eigenvalue weighted by Gasteiger charge is 2.08. The Kier molecular flexibility index (Phi) is 3.47. The molecule has 0 atom stereocenters. The van der Waals surface area contributed by atoms with E-state index >= 15 is 0 Å². The molecule has 0 saturated carbocycles. The number of benzene rings is 2. The van der Waals surface area contributed by atoms with Crippen molar-refractivity contribution >= 4 is 11.1 Å². The van der Waals surface area contributed by atoms with E-state index in [0.29, 0.717) is 5.56 Å². The Morgan fingerprint density at radius 1 is 0.737 bits per heavy atom. The molecule has 3 heteroatoms. The molecule has 0 aliphatic heterocycles. The van der Waals surface area contributed by atoms with Crippen molar-refractivity contribution < 1.29 is 15.3 Å². The smallest absolute Gasteiger partial charge is 0.123 e. The molecule has 0 spiro atoms. The summed E-state index contributed by atoms with van der Waals surface area (Å²) in [6.07, 6.45) is 0. The predicted octanol–water partition coefficient (Wildman–Crippen LogP) is 3.75. The van der Waals surface area contributed by atoms with Crippen molar-refractivity contribution in [1.29, 1.82) is 0 Å². The van der Waals surface area contributed by atoms with Gasteiger partial charge in [0.05, 0.1) is 0 Å². The number of rotatable bonds is 2. The minimum atomic E-state index is 0.116. The molecule has 0 fully saturated rings. The fourth-order valence-electron chi connectivity index (χ4n) is 1.95. The van der Waals surface area contributed by atoms with E-state index in [1.54, 1.807) is 12.1 Å². The summed E-state index contributed by atoms with van der Waals surface area (Å²) in [7, 11) is 0. The normalized spacial score (nSPS) is 12.1. The highest BCUT2D eigenvalue weighted by molar-refractivity contribution is 5.90. The molecule has 0 amide bonds. The monoisotopic (exact) mass is 256 g/mol. The second kappa shape index (κ2) is 5.06. The van der Waals surface area contributed by atoms with Gasteiger partial charge in [-0.2, -0.15) is 0 Å². The lowest BCUT2D eigenvalue weighted by atomic mass is 9.96. The summed E-state index contributed by atoms with van der Waals surface area (Å²) < 4.78 is 0. The first-order valence-corrected chi connectivity index (χ1v) is 5.98. The molecule has 2 aromatic rings. The average Bonchev–Trinajstić information content (AvgIpc) is 2.41. The van der Waals surface area contributed by atoms with Crippen molar-refractivity contribution in [1.82, 2.24) is 0 Å². The van der Waals surface area contributed by atoms with Gasteiger partial charge in [-0.25, -0.2) is 0 Å². The zero-order valence-electron chi connectivity index (χ0n) is 10.9. The van der Waals surface area contributed by atoms with Crippen LogP contribution in [0.1, 0.15) is 25.0 Å². The summed E-state index contributed by atoms with van der Waals surface area (Å²) in [5.41, 5.74) is 3.41. The molecule has 2 aromatic carbocycles. The molecule has 0 aromatic heterocycles. The third kappa shape index (κ3) is 2.71. The number of aromatic hydroxyl groups is 3. The second-order valence-electron chi connectivity index (χ2n) is 4.50. The van der Waals surface area contributed by atoms with Crippen LogP contribution >= 0.6 is 0 Å². The molecule has 3 nitrogen and oxygen atoms in total. The Labute approximate surface area is 112 Å². The van der Waals surface area contributed by atoms with Gasteiger partial charge in [-0.1, -0.05) is 12.1 Å². The van der Waals surface area contributed by atoms with Crippen molar-refractivity contribution in [2.45, 2.75) is 13.8 Å². The average molecular weight is 256 g/mol. The van der Waals surface area contributed by atoms with Crippen molar-refractivity contribution in [3.63, 3.8) is 0 Å². The highest BCUT2D eigenvalue weighted by Crippen LogP contribution is 2.33. The van der Waals surface area contributed by atoms with Gasteiger partial charge in [-0.3, -0.25) is 0 Å². The molecule has 3 N–H and O–H groups in total. The fraction of sp³-hybridized carbons (Fsp3) is 0.125. The maximum absolute atomic E-state index is 9.86. The van der Waals surface area contributed by atoms with Crippen molar-refractivity contribution in [2.75, 3.05) is 0 Å². The minimum Gasteiger partial charge on any atom is -0.508 e. The van der Waals surface area contributed by atoms with Gasteiger partial charge in [0, 0.05) is 5.56 Å². The van der Waals surface area contributed by atoms with Crippen LogP contribution in [-0.2, 0) is 0 Å². The van der Waals surface area contributed by atoms with Crippen molar-refractivity contribution in [3.8, 4) is 17.2 Å². The molecule has 0 bridgehead atoms. The molecule has 2 rings (SSSR count). The van der Waals surface area contributed by atoms with E-state index in [2.05, 4.69) is 0 Å². The van der Waals surface area contributed by atoms with E-state index < -0.39 is 0 Å².